The zero-order valence-electron chi connectivity index (χ0n) is 14.0. The van der Waals surface area contributed by atoms with Gasteiger partial charge in [0.2, 0.25) is 0 Å². The van der Waals surface area contributed by atoms with Gasteiger partial charge in [-0.1, -0.05) is 48.5 Å². The number of hydrogen-bond acceptors (Lipinski definition) is 4. The number of amides is 1. The summed E-state index contributed by atoms with van der Waals surface area (Å²) in [5.74, 6) is 0.0302. The van der Waals surface area contributed by atoms with Gasteiger partial charge in [0.05, 0.1) is 24.9 Å². The molecule has 0 saturated carbocycles. The molecule has 0 unspecified atom stereocenters. The maximum Gasteiger partial charge on any atom is 0.270 e. The van der Waals surface area contributed by atoms with Gasteiger partial charge in [0.15, 0.2) is 0 Å². The second kappa shape index (κ2) is 7.07. The topological polar surface area (TPSA) is 45.1 Å². The van der Waals surface area contributed by atoms with Crippen molar-refractivity contribution in [1.82, 2.24) is 4.90 Å². The fraction of sp³-hybridized carbons (Fsp3) is 0.300. The van der Waals surface area contributed by atoms with E-state index < -0.39 is 0 Å². The molecule has 0 radical (unpaired) electrons. The Bertz CT molecular complexity index is 755. The van der Waals surface area contributed by atoms with Crippen LogP contribution in [-0.4, -0.2) is 42.8 Å². The molecule has 2 aromatic rings. The summed E-state index contributed by atoms with van der Waals surface area (Å²) in [7, 11) is 0. The molecule has 4 rings (SSSR count). The Labute approximate surface area is 147 Å². The monoisotopic (exact) mass is 335 g/mol. The SMILES string of the molecule is O=C(C1=NN(c2ccccc2)[C@H](c2ccccc2)C1)N1CCOCC1. The smallest absolute Gasteiger partial charge is 0.270 e. The number of benzene rings is 2. The Morgan fingerprint density at radius 2 is 1.60 bits per heavy atom. The minimum Gasteiger partial charge on any atom is -0.378 e. The zero-order chi connectivity index (χ0) is 17.1. The van der Waals surface area contributed by atoms with E-state index in [1.165, 1.54) is 5.56 Å². The van der Waals surface area contributed by atoms with Crippen molar-refractivity contribution in [2.75, 3.05) is 31.3 Å². The lowest BCUT2D eigenvalue weighted by Crippen LogP contribution is -2.43. The number of hydrazone groups is 1. The van der Waals surface area contributed by atoms with E-state index in [1.807, 2.05) is 58.4 Å². The van der Waals surface area contributed by atoms with Crippen LogP contribution >= 0.6 is 0 Å². The molecule has 0 aromatic heterocycles. The molecule has 25 heavy (non-hydrogen) atoms. The van der Waals surface area contributed by atoms with Crippen molar-refractivity contribution < 1.29 is 9.53 Å². The van der Waals surface area contributed by atoms with Crippen LogP contribution in [0.3, 0.4) is 0 Å². The minimum atomic E-state index is 0.0302. The van der Waals surface area contributed by atoms with Crippen LogP contribution in [0.15, 0.2) is 65.8 Å². The largest absolute Gasteiger partial charge is 0.378 e. The maximum absolute atomic E-state index is 12.9. The molecule has 2 aliphatic heterocycles. The number of carbonyl (C=O) groups excluding carboxylic acids is 1. The van der Waals surface area contributed by atoms with E-state index in [1.54, 1.807) is 0 Å². The molecule has 2 aromatic carbocycles. The first-order valence-corrected chi connectivity index (χ1v) is 8.66. The molecule has 2 heterocycles. The van der Waals surface area contributed by atoms with E-state index in [0.29, 0.717) is 38.4 Å². The van der Waals surface area contributed by atoms with Crippen molar-refractivity contribution in [1.29, 1.82) is 0 Å². The Hall–Kier alpha value is -2.66. The number of para-hydroxylation sites is 1. The van der Waals surface area contributed by atoms with E-state index in [0.717, 1.165) is 5.69 Å². The highest BCUT2D eigenvalue weighted by molar-refractivity contribution is 6.39. The van der Waals surface area contributed by atoms with Gasteiger partial charge >= 0.3 is 0 Å². The molecule has 1 amide bonds. The van der Waals surface area contributed by atoms with Gasteiger partial charge in [-0.2, -0.15) is 5.10 Å². The predicted molar refractivity (Wildman–Crippen MR) is 97.6 cm³/mol. The summed E-state index contributed by atoms with van der Waals surface area (Å²) in [4.78, 5) is 14.7. The summed E-state index contributed by atoms with van der Waals surface area (Å²) in [6, 6.07) is 20.3. The van der Waals surface area contributed by atoms with Crippen molar-refractivity contribution >= 4 is 17.3 Å². The van der Waals surface area contributed by atoms with Crippen molar-refractivity contribution in [3.63, 3.8) is 0 Å². The Kier molecular flexibility index (Phi) is 4.48. The van der Waals surface area contributed by atoms with Crippen LogP contribution in [0.5, 0.6) is 0 Å². The molecule has 2 aliphatic rings. The van der Waals surface area contributed by atoms with E-state index in [4.69, 9.17) is 9.84 Å². The number of rotatable bonds is 3. The zero-order valence-corrected chi connectivity index (χ0v) is 14.0. The Balaban J connectivity index is 1.64. The second-order valence-electron chi connectivity index (χ2n) is 6.26. The Morgan fingerprint density at radius 1 is 0.960 bits per heavy atom. The lowest BCUT2D eigenvalue weighted by atomic mass is 10.0. The number of morpholine rings is 1. The van der Waals surface area contributed by atoms with Gasteiger partial charge in [-0.3, -0.25) is 9.80 Å². The summed E-state index contributed by atoms with van der Waals surface area (Å²) in [5.41, 5.74) is 2.79. The molecule has 0 spiro atoms. The van der Waals surface area contributed by atoms with Crippen molar-refractivity contribution in [3.05, 3.63) is 66.2 Å². The average Bonchev–Trinajstić information content (AvgIpc) is 3.15. The quantitative estimate of drug-likeness (QED) is 0.866. The molecule has 5 heteroatoms. The van der Waals surface area contributed by atoms with Gasteiger partial charge < -0.3 is 9.64 Å². The summed E-state index contributed by atoms with van der Waals surface area (Å²) in [5, 5.41) is 6.68. The molecule has 5 nitrogen and oxygen atoms in total. The van der Waals surface area contributed by atoms with Gasteiger partial charge in [-0.05, 0) is 17.7 Å². The number of carbonyl (C=O) groups is 1. The van der Waals surface area contributed by atoms with Crippen LogP contribution < -0.4 is 5.01 Å². The predicted octanol–water partition coefficient (Wildman–Crippen LogP) is 2.85. The van der Waals surface area contributed by atoms with Crippen LogP contribution in [0.25, 0.3) is 0 Å². The fourth-order valence-electron chi connectivity index (χ4n) is 3.34. The third kappa shape index (κ3) is 3.28. The van der Waals surface area contributed by atoms with Crippen LogP contribution in [0.4, 0.5) is 5.69 Å². The highest BCUT2D eigenvalue weighted by atomic mass is 16.5. The van der Waals surface area contributed by atoms with E-state index in [-0.39, 0.29) is 11.9 Å². The highest BCUT2D eigenvalue weighted by Crippen LogP contribution is 2.35. The molecule has 0 N–H and O–H groups in total. The van der Waals surface area contributed by atoms with Crippen LogP contribution in [0, 0.1) is 0 Å². The minimum absolute atomic E-state index is 0.0302. The summed E-state index contributed by atoms with van der Waals surface area (Å²) in [6.45, 7) is 2.48. The first-order valence-electron chi connectivity index (χ1n) is 8.66. The lowest BCUT2D eigenvalue weighted by molar-refractivity contribution is -0.128. The highest BCUT2D eigenvalue weighted by Gasteiger charge is 2.34. The average molecular weight is 335 g/mol. The summed E-state index contributed by atoms with van der Waals surface area (Å²) >= 11 is 0. The lowest BCUT2D eigenvalue weighted by Gasteiger charge is -2.26. The van der Waals surface area contributed by atoms with Crippen molar-refractivity contribution in [3.8, 4) is 0 Å². The molecule has 0 bridgehead atoms. The molecule has 0 aliphatic carbocycles. The standard InChI is InChI=1S/C20H21N3O2/c24-20(22-11-13-25-14-12-22)18-15-19(16-7-3-1-4-8-16)23(21-18)17-9-5-2-6-10-17/h1-10,19H,11-15H2/t19-/m0/s1. The molecule has 128 valence electrons. The summed E-state index contributed by atoms with van der Waals surface area (Å²) < 4.78 is 5.35. The van der Waals surface area contributed by atoms with Gasteiger partial charge in [-0.15, -0.1) is 0 Å². The Morgan fingerprint density at radius 3 is 2.28 bits per heavy atom. The first-order chi connectivity index (χ1) is 12.3. The summed E-state index contributed by atoms with van der Waals surface area (Å²) in [6.07, 6.45) is 0.620. The molecule has 1 fully saturated rings. The molecule has 1 saturated heterocycles. The van der Waals surface area contributed by atoms with Gasteiger partial charge in [-0.25, -0.2) is 0 Å². The number of ether oxygens (including phenoxy) is 1. The third-order valence-electron chi connectivity index (χ3n) is 4.66. The fourth-order valence-corrected chi connectivity index (χ4v) is 3.34. The maximum atomic E-state index is 12.9. The van der Waals surface area contributed by atoms with Crippen LogP contribution in [0.1, 0.15) is 18.0 Å². The molecular weight excluding hydrogens is 314 g/mol. The van der Waals surface area contributed by atoms with Crippen molar-refractivity contribution in [2.24, 2.45) is 5.10 Å². The van der Waals surface area contributed by atoms with Crippen molar-refractivity contribution in [2.45, 2.75) is 12.5 Å². The van der Waals surface area contributed by atoms with E-state index in [2.05, 4.69) is 12.1 Å². The third-order valence-corrected chi connectivity index (χ3v) is 4.66. The van der Waals surface area contributed by atoms with Crippen LogP contribution in [-0.2, 0) is 9.53 Å². The molecular formula is C20H21N3O2. The molecule has 1 atom stereocenters. The first kappa shape index (κ1) is 15.8. The number of anilines is 1. The number of nitrogens with zero attached hydrogens (tertiary/aromatic N) is 3. The number of hydrogen-bond donors (Lipinski definition) is 0. The van der Waals surface area contributed by atoms with Gasteiger partial charge in [0.25, 0.3) is 5.91 Å². The van der Waals surface area contributed by atoms with Gasteiger partial charge in [0, 0.05) is 19.5 Å². The van der Waals surface area contributed by atoms with E-state index in [9.17, 15) is 4.79 Å². The van der Waals surface area contributed by atoms with E-state index >= 15 is 0 Å². The second-order valence-corrected chi connectivity index (χ2v) is 6.26. The van der Waals surface area contributed by atoms with Crippen LogP contribution in [0.2, 0.25) is 0 Å². The normalized spacial score (nSPS) is 20.5. The van der Waals surface area contributed by atoms with Gasteiger partial charge in [0.1, 0.15) is 5.71 Å².